The number of hydrogen-bond acceptors (Lipinski definition) is 2. The van der Waals surface area contributed by atoms with Gasteiger partial charge in [0, 0.05) is 11.4 Å². The van der Waals surface area contributed by atoms with Gasteiger partial charge in [-0.3, -0.25) is 0 Å². The number of H-pyrrole nitrogens is 1. The summed E-state index contributed by atoms with van der Waals surface area (Å²) in [5, 5.41) is 0.643. The van der Waals surface area contributed by atoms with E-state index in [1.54, 1.807) is 6.07 Å². The quantitative estimate of drug-likeness (QED) is 0.804. The number of nitrogens with zero attached hydrogens (tertiary/aromatic N) is 1. The molecule has 2 rings (SSSR count). The third kappa shape index (κ3) is 2.30. The summed E-state index contributed by atoms with van der Waals surface area (Å²) in [6.45, 7) is 4.40. The van der Waals surface area contributed by atoms with E-state index in [9.17, 15) is 0 Å². The largest absolute Gasteiger partial charge is 0.397 e. The van der Waals surface area contributed by atoms with Crippen molar-refractivity contribution < 1.29 is 0 Å². The van der Waals surface area contributed by atoms with Crippen molar-refractivity contribution in [1.82, 2.24) is 9.97 Å². The van der Waals surface area contributed by atoms with Gasteiger partial charge in [-0.2, -0.15) is 0 Å². The van der Waals surface area contributed by atoms with Gasteiger partial charge in [-0.25, -0.2) is 4.98 Å². The van der Waals surface area contributed by atoms with Crippen LogP contribution in [0.15, 0.2) is 12.1 Å². The lowest BCUT2D eigenvalue weighted by Gasteiger charge is -2.00. The van der Waals surface area contributed by atoms with Crippen molar-refractivity contribution in [2.24, 2.45) is 5.92 Å². The molecule has 0 bridgehead atoms. The van der Waals surface area contributed by atoms with Gasteiger partial charge in [-0.15, -0.1) is 0 Å². The van der Waals surface area contributed by atoms with E-state index >= 15 is 0 Å². The molecule has 0 spiro atoms. The Morgan fingerprint density at radius 2 is 2.19 bits per heavy atom. The smallest absolute Gasteiger partial charge is 0.112 e. The van der Waals surface area contributed by atoms with Crippen LogP contribution in [0.5, 0.6) is 0 Å². The Morgan fingerprint density at radius 1 is 1.44 bits per heavy atom. The Labute approximate surface area is 100 Å². The Morgan fingerprint density at radius 3 is 2.88 bits per heavy atom. The zero-order chi connectivity index (χ0) is 11.7. The molecule has 0 aliphatic rings. The fraction of sp³-hybridized carbons (Fsp3) is 0.417. The SMILES string of the molecule is CC(C)CCc1nc2c(N)cc(Cl)cc2[nH]1. The summed E-state index contributed by atoms with van der Waals surface area (Å²) in [4.78, 5) is 7.74. The van der Waals surface area contributed by atoms with E-state index < -0.39 is 0 Å². The fourth-order valence-corrected chi connectivity index (χ4v) is 1.93. The molecule has 3 nitrogen and oxygen atoms in total. The van der Waals surface area contributed by atoms with Crippen molar-refractivity contribution in [2.75, 3.05) is 5.73 Å². The highest BCUT2D eigenvalue weighted by molar-refractivity contribution is 6.31. The van der Waals surface area contributed by atoms with E-state index in [1.165, 1.54) is 0 Å². The molecule has 0 unspecified atom stereocenters. The van der Waals surface area contributed by atoms with Gasteiger partial charge < -0.3 is 10.7 Å². The average molecular weight is 238 g/mol. The molecule has 1 aromatic carbocycles. The highest BCUT2D eigenvalue weighted by Gasteiger charge is 2.07. The molecule has 0 radical (unpaired) electrons. The molecule has 1 heterocycles. The molecule has 2 aromatic rings. The Hall–Kier alpha value is -1.22. The lowest BCUT2D eigenvalue weighted by atomic mass is 10.1. The molecule has 1 aromatic heterocycles. The topological polar surface area (TPSA) is 54.7 Å². The summed E-state index contributed by atoms with van der Waals surface area (Å²) in [5.74, 6) is 1.66. The third-order valence-corrected chi connectivity index (χ3v) is 2.81. The van der Waals surface area contributed by atoms with Crippen LogP contribution in [0.4, 0.5) is 5.69 Å². The molecule has 0 aliphatic carbocycles. The second kappa shape index (κ2) is 4.34. The van der Waals surface area contributed by atoms with Crippen LogP contribution in [-0.4, -0.2) is 9.97 Å². The second-order valence-corrected chi connectivity index (χ2v) is 4.94. The molecule has 4 heteroatoms. The minimum Gasteiger partial charge on any atom is -0.397 e. The fourth-order valence-electron chi connectivity index (χ4n) is 1.70. The molecule has 86 valence electrons. The highest BCUT2D eigenvalue weighted by atomic mass is 35.5. The number of anilines is 1. The normalized spacial score (nSPS) is 11.5. The number of aryl methyl sites for hydroxylation is 1. The number of halogens is 1. The first kappa shape index (κ1) is 11.3. The van der Waals surface area contributed by atoms with Gasteiger partial charge in [0.2, 0.25) is 0 Å². The maximum atomic E-state index is 5.93. The molecule has 0 fully saturated rings. The molecule has 0 atom stereocenters. The summed E-state index contributed by atoms with van der Waals surface area (Å²) < 4.78 is 0. The van der Waals surface area contributed by atoms with Crippen LogP contribution in [0, 0.1) is 5.92 Å². The monoisotopic (exact) mass is 237 g/mol. The number of nitrogens with two attached hydrogens (primary N) is 1. The number of fused-ring (bicyclic) bond motifs is 1. The van der Waals surface area contributed by atoms with E-state index in [1.807, 2.05) is 6.07 Å². The number of rotatable bonds is 3. The van der Waals surface area contributed by atoms with Gasteiger partial charge in [0.15, 0.2) is 0 Å². The van der Waals surface area contributed by atoms with Crippen molar-refractivity contribution >= 4 is 28.3 Å². The number of nitrogens with one attached hydrogen (secondary N) is 1. The van der Waals surface area contributed by atoms with Crippen LogP contribution in [0.2, 0.25) is 5.02 Å². The maximum absolute atomic E-state index is 5.93. The minimum atomic E-state index is 0.634. The lowest BCUT2D eigenvalue weighted by molar-refractivity contribution is 0.577. The summed E-state index contributed by atoms with van der Waals surface area (Å²) in [7, 11) is 0. The first-order chi connectivity index (χ1) is 7.56. The van der Waals surface area contributed by atoms with Gasteiger partial charge in [0.25, 0.3) is 0 Å². The van der Waals surface area contributed by atoms with Crippen molar-refractivity contribution in [1.29, 1.82) is 0 Å². The molecule has 16 heavy (non-hydrogen) atoms. The summed E-state index contributed by atoms with van der Waals surface area (Å²) >= 11 is 5.93. The number of hydrogen-bond donors (Lipinski definition) is 2. The Bertz CT molecular complexity index is 502. The number of benzene rings is 1. The first-order valence-electron chi connectivity index (χ1n) is 5.50. The van der Waals surface area contributed by atoms with E-state index in [0.29, 0.717) is 16.6 Å². The summed E-state index contributed by atoms with van der Waals surface area (Å²) in [6.07, 6.45) is 2.07. The standard InChI is InChI=1S/C12H16ClN3/c1-7(2)3-4-11-15-10-6-8(13)5-9(14)12(10)16-11/h5-7H,3-4,14H2,1-2H3,(H,15,16). The Kier molecular flexibility index (Phi) is 3.06. The molecule has 0 amide bonds. The van der Waals surface area contributed by atoms with E-state index in [4.69, 9.17) is 17.3 Å². The zero-order valence-electron chi connectivity index (χ0n) is 9.55. The number of nitrogen functional groups attached to an aromatic ring is 1. The van der Waals surface area contributed by atoms with Gasteiger partial charge in [-0.1, -0.05) is 25.4 Å². The number of aromatic amines is 1. The molecular formula is C12H16ClN3. The summed E-state index contributed by atoms with van der Waals surface area (Å²) in [6, 6.07) is 3.59. The van der Waals surface area contributed by atoms with Crippen molar-refractivity contribution in [3.8, 4) is 0 Å². The second-order valence-electron chi connectivity index (χ2n) is 4.51. The number of imidazole rings is 1. The third-order valence-electron chi connectivity index (χ3n) is 2.59. The van der Waals surface area contributed by atoms with Crippen LogP contribution in [-0.2, 0) is 6.42 Å². The van der Waals surface area contributed by atoms with E-state index in [2.05, 4.69) is 23.8 Å². The van der Waals surface area contributed by atoms with Crippen LogP contribution in [0.1, 0.15) is 26.1 Å². The van der Waals surface area contributed by atoms with E-state index in [0.717, 1.165) is 29.7 Å². The summed E-state index contributed by atoms with van der Waals surface area (Å²) in [5.41, 5.74) is 8.24. The molecule has 0 saturated heterocycles. The van der Waals surface area contributed by atoms with Crippen LogP contribution in [0.25, 0.3) is 11.0 Å². The predicted octanol–water partition coefficient (Wildman–Crippen LogP) is 3.39. The van der Waals surface area contributed by atoms with Crippen LogP contribution >= 0.6 is 11.6 Å². The van der Waals surface area contributed by atoms with E-state index in [-0.39, 0.29) is 0 Å². The maximum Gasteiger partial charge on any atom is 0.112 e. The van der Waals surface area contributed by atoms with Gasteiger partial charge >= 0.3 is 0 Å². The molecule has 0 saturated carbocycles. The molecule has 3 N–H and O–H groups in total. The van der Waals surface area contributed by atoms with Crippen LogP contribution in [0.3, 0.4) is 0 Å². The van der Waals surface area contributed by atoms with Crippen molar-refractivity contribution in [3.63, 3.8) is 0 Å². The van der Waals surface area contributed by atoms with Gasteiger partial charge in [-0.05, 0) is 24.5 Å². The van der Waals surface area contributed by atoms with Crippen molar-refractivity contribution in [3.05, 3.63) is 23.0 Å². The molecular weight excluding hydrogens is 222 g/mol. The average Bonchev–Trinajstić information content (AvgIpc) is 2.57. The van der Waals surface area contributed by atoms with Crippen molar-refractivity contribution in [2.45, 2.75) is 26.7 Å². The Balaban J connectivity index is 2.33. The number of aromatic nitrogens is 2. The first-order valence-corrected chi connectivity index (χ1v) is 5.87. The predicted molar refractivity (Wildman–Crippen MR) is 68.7 cm³/mol. The minimum absolute atomic E-state index is 0.634. The zero-order valence-corrected chi connectivity index (χ0v) is 10.3. The van der Waals surface area contributed by atoms with Gasteiger partial charge in [0.1, 0.15) is 11.3 Å². The molecule has 0 aliphatic heterocycles. The highest BCUT2D eigenvalue weighted by Crippen LogP contribution is 2.24. The lowest BCUT2D eigenvalue weighted by Crippen LogP contribution is -1.93. The van der Waals surface area contributed by atoms with Crippen LogP contribution < -0.4 is 5.73 Å². The van der Waals surface area contributed by atoms with Gasteiger partial charge in [0.05, 0.1) is 11.2 Å².